The predicted molar refractivity (Wildman–Crippen MR) is 131 cm³/mol. The van der Waals surface area contributed by atoms with E-state index >= 15 is 0 Å². The van der Waals surface area contributed by atoms with Gasteiger partial charge in [0.1, 0.15) is 11.3 Å². The van der Waals surface area contributed by atoms with Gasteiger partial charge in [0.2, 0.25) is 11.5 Å². The molecule has 0 unspecified atom stereocenters. The Balaban J connectivity index is 1.46. The molecule has 1 amide bonds. The van der Waals surface area contributed by atoms with Crippen molar-refractivity contribution < 1.29 is 27.1 Å². The first-order chi connectivity index (χ1) is 17.6. The predicted octanol–water partition coefficient (Wildman–Crippen LogP) is 4.79. The van der Waals surface area contributed by atoms with Crippen LogP contribution in [0.3, 0.4) is 0 Å². The highest BCUT2D eigenvalue weighted by Gasteiger charge is 2.37. The monoisotopic (exact) mass is 515 g/mol. The van der Waals surface area contributed by atoms with Crippen LogP contribution in [0.5, 0.6) is 5.75 Å². The molecule has 4 heterocycles. The van der Waals surface area contributed by atoms with E-state index in [2.05, 4.69) is 0 Å². The summed E-state index contributed by atoms with van der Waals surface area (Å²) in [5.41, 5.74) is 8.63. The summed E-state index contributed by atoms with van der Waals surface area (Å²) in [6.45, 7) is 1.69. The van der Waals surface area contributed by atoms with Gasteiger partial charge in [-0.25, -0.2) is 4.98 Å². The van der Waals surface area contributed by atoms with Gasteiger partial charge in [-0.1, -0.05) is 0 Å². The molecule has 8 nitrogen and oxygen atoms in total. The molecule has 11 heteroatoms. The average molecular weight is 516 g/mol. The van der Waals surface area contributed by atoms with Gasteiger partial charge in [0.25, 0.3) is 5.91 Å². The Morgan fingerprint density at radius 3 is 2.68 bits per heavy atom. The molecule has 2 aliphatic rings. The van der Waals surface area contributed by atoms with Crippen molar-refractivity contribution >= 4 is 28.0 Å². The Kier molecular flexibility index (Phi) is 5.52. The molecule has 0 spiro atoms. The van der Waals surface area contributed by atoms with Crippen LogP contribution in [0.1, 0.15) is 41.8 Å². The van der Waals surface area contributed by atoms with Crippen molar-refractivity contribution in [3.63, 3.8) is 0 Å². The molecule has 2 N–H and O–H groups in total. The number of aryl methyl sites for hydroxylation is 1. The number of furan rings is 1. The summed E-state index contributed by atoms with van der Waals surface area (Å²) in [5.74, 6) is 0.293. The second kappa shape index (κ2) is 8.54. The number of rotatable bonds is 5. The maximum absolute atomic E-state index is 13.3. The highest BCUT2D eigenvalue weighted by molar-refractivity contribution is 6.00. The van der Waals surface area contributed by atoms with Crippen molar-refractivity contribution in [2.24, 2.45) is 18.7 Å². The SMILES string of the molecule is COc1cc(C(=O)N2CCC[C@@H](N)C2)cc2nc(-c3cc4cc(C(F)(F)F)oc4n3CC3CC3)n(C)c12. The molecule has 1 saturated heterocycles. The third-order valence-corrected chi connectivity index (χ3v) is 7.36. The normalized spacial score (nSPS) is 18.8. The van der Waals surface area contributed by atoms with Crippen LogP contribution in [0, 0.1) is 5.92 Å². The van der Waals surface area contributed by atoms with Crippen LogP contribution < -0.4 is 10.5 Å². The number of hydrogen-bond acceptors (Lipinski definition) is 5. The molecular formula is C26H28F3N5O3. The van der Waals surface area contributed by atoms with Crippen LogP contribution in [-0.2, 0) is 19.8 Å². The highest BCUT2D eigenvalue weighted by atomic mass is 19.4. The number of nitrogens with two attached hydrogens (primary N) is 1. The van der Waals surface area contributed by atoms with Crippen LogP contribution in [0.25, 0.3) is 33.7 Å². The van der Waals surface area contributed by atoms with Crippen molar-refractivity contribution in [2.75, 3.05) is 20.2 Å². The van der Waals surface area contributed by atoms with E-state index in [1.54, 1.807) is 27.7 Å². The molecule has 2 fully saturated rings. The quantitative estimate of drug-likeness (QED) is 0.413. The molecule has 1 saturated carbocycles. The molecule has 196 valence electrons. The number of halogens is 3. The fourth-order valence-electron chi connectivity index (χ4n) is 5.30. The number of hydrogen-bond donors (Lipinski definition) is 1. The molecule has 4 aromatic rings. The van der Waals surface area contributed by atoms with E-state index in [-0.39, 0.29) is 17.7 Å². The molecule has 6 rings (SSSR count). The Bertz CT molecular complexity index is 1510. The Labute approximate surface area is 210 Å². The lowest BCUT2D eigenvalue weighted by atomic mass is 10.0. The van der Waals surface area contributed by atoms with Gasteiger partial charge in [0.15, 0.2) is 5.82 Å². The second-order valence-electron chi connectivity index (χ2n) is 10.1. The lowest BCUT2D eigenvalue weighted by molar-refractivity contribution is -0.152. The number of amides is 1. The molecule has 1 atom stereocenters. The molecule has 0 radical (unpaired) electrons. The smallest absolute Gasteiger partial charge is 0.449 e. The number of fused-ring (bicyclic) bond motifs is 2. The summed E-state index contributed by atoms with van der Waals surface area (Å²) in [7, 11) is 3.36. The molecule has 1 aliphatic heterocycles. The number of nitrogens with zero attached hydrogens (tertiary/aromatic N) is 4. The van der Waals surface area contributed by atoms with Crippen molar-refractivity contribution in [1.82, 2.24) is 19.0 Å². The summed E-state index contributed by atoms with van der Waals surface area (Å²) in [5, 5.41) is 0.374. The van der Waals surface area contributed by atoms with E-state index < -0.39 is 11.9 Å². The van der Waals surface area contributed by atoms with Gasteiger partial charge in [-0.15, -0.1) is 0 Å². The van der Waals surface area contributed by atoms with E-state index in [4.69, 9.17) is 19.9 Å². The maximum Gasteiger partial charge on any atom is 0.449 e. The van der Waals surface area contributed by atoms with Crippen LogP contribution in [-0.4, -0.2) is 51.2 Å². The van der Waals surface area contributed by atoms with E-state index in [1.807, 2.05) is 11.6 Å². The van der Waals surface area contributed by atoms with E-state index in [9.17, 15) is 18.0 Å². The first kappa shape index (κ1) is 23.9. The number of aromatic nitrogens is 3. The van der Waals surface area contributed by atoms with Crippen LogP contribution in [0.2, 0.25) is 0 Å². The third-order valence-electron chi connectivity index (χ3n) is 7.36. The number of ether oxygens (including phenoxy) is 1. The summed E-state index contributed by atoms with van der Waals surface area (Å²) < 4.78 is 54.5. The lowest BCUT2D eigenvalue weighted by Crippen LogP contribution is -2.45. The Morgan fingerprint density at radius 2 is 2.00 bits per heavy atom. The largest absolute Gasteiger partial charge is 0.494 e. The molecule has 0 bridgehead atoms. The van der Waals surface area contributed by atoms with E-state index in [1.165, 1.54) is 7.11 Å². The molecule has 1 aromatic carbocycles. The summed E-state index contributed by atoms with van der Waals surface area (Å²) in [6, 6.07) is 6.13. The first-order valence-electron chi connectivity index (χ1n) is 12.4. The van der Waals surface area contributed by atoms with Gasteiger partial charge in [0.05, 0.1) is 18.3 Å². The number of imidazole rings is 1. The van der Waals surface area contributed by atoms with Crippen LogP contribution in [0.15, 0.2) is 28.7 Å². The minimum absolute atomic E-state index is 0.0416. The number of likely N-dealkylation sites (tertiary alicyclic amines) is 1. The minimum atomic E-state index is -4.56. The Morgan fingerprint density at radius 1 is 1.22 bits per heavy atom. The molecule has 37 heavy (non-hydrogen) atoms. The highest BCUT2D eigenvalue weighted by Crippen LogP contribution is 2.41. The van der Waals surface area contributed by atoms with Gasteiger partial charge < -0.3 is 28.9 Å². The summed E-state index contributed by atoms with van der Waals surface area (Å²) >= 11 is 0. The zero-order chi connectivity index (χ0) is 26.1. The van der Waals surface area contributed by atoms with Gasteiger partial charge in [-0.3, -0.25) is 4.79 Å². The maximum atomic E-state index is 13.3. The zero-order valence-electron chi connectivity index (χ0n) is 20.6. The lowest BCUT2D eigenvalue weighted by Gasteiger charge is -2.30. The summed E-state index contributed by atoms with van der Waals surface area (Å²) in [4.78, 5) is 19.9. The van der Waals surface area contributed by atoms with Crippen LogP contribution >= 0.6 is 0 Å². The fourth-order valence-corrected chi connectivity index (χ4v) is 5.30. The number of alkyl halides is 3. The molecule has 3 aromatic heterocycles. The van der Waals surface area contributed by atoms with Gasteiger partial charge in [-0.2, -0.15) is 13.2 Å². The molecule has 1 aliphatic carbocycles. The molecular weight excluding hydrogens is 487 g/mol. The number of carbonyl (C=O) groups is 1. The van der Waals surface area contributed by atoms with Crippen molar-refractivity contribution in [3.8, 4) is 17.3 Å². The number of piperidine rings is 1. The van der Waals surface area contributed by atoms with E-state index in [0.29, 0.717) is 64.8 Å². The summed E-state index contributed by atoms with van der Waals surface area (Å²) in [6.07, 6.45) is -0.767. The van der Waals surface area contributed by atoms with Crippen molar-refractivity contribution in [3.05, 3.63) is 35.6 Å². The average Bonchev–Trinajstić information content (AvgIpc) is 3.34. The van der Waals surface area contributed by atoms with Gasteiger partial charge >= 0.3 is 6.18 Å². The fraction of sp³-hybridized carbons (Fsp3) is 0.462. The second-order valence-corrected chi connectivity index (χ2v) is 10.1. The first-order valence-corrected chi connectivity index (χ1v) is 12.4. The number of methoxy groups -OCH3 is 1. The third kappa shape index (κ3) is 4.14. The van der Waals surface area contributed by atoms with Crippen molar-refractivity contribution in [1.29, 1.82) is 0 Å². The number of benzene rings is 1. The van der Waals surface area contributed by atoms with Gasteiger partial charge in [0, 0.05) is 43.7 Å². The van der Waals surface area contributed by atoms with Gasteiger partial charge in [-0.05, 0) is 55.9 Å². The topological polar surface area (TPSA) is 91.5 Å². The standard InChI is InChI=1S/C26H28F3N5O3/c1-32-22-18(8-15(10-20(22)36-2)24(35)33-7-3-4-17(30)13-33)31-23(32)19-9-16-11-21(26(27,28)29)37-25(16)34(19)12-14-5-6-14/h8-11,14,17H,3-7,12-13,30H2,1-2H3/t17-/m1/s1. The zero-order valence-corrected chi connectivity index (χ0v) is 20.6. The number of carbonyl (C=O) groups excluding carboxylic acids is 1. The minimum Gasteiger partial charge on any atom is -0.494 e. The Hall–Kier alpha value is -3.47. The van der Waals surface area contributed by atoms with E-state index in [0.717, 1.165) is 31.7 Å². The van der Waals surface area contributed by atoms with Crippen LogP contribution in [0.4, 0.5) is 13.2 Å². The van der Waals surface area contributed by atoms with Crippen molar-refractivity contribution in [2.45, 2.75) is 44.4 Å².